The minimum absolute atomic E-state index is 0.0428. The zero-order chi connectivity index (χ0) is 27.5. The van der Waals surface area contributed by atoms with Crippen LogP contribution in [0.2, 0.25) is 10.0 Å². The number of halogens is 4. The van der Waals surface area contributed by atoms with Crippen molar-refractivity contribution in [3.8, 4) is 6.07 Å². The van der Waals surface area contributed by atoms with E-state index in [0.29, 0.717) is 18.4 Å². The molecule has 2 aromatic rings. The molecule has 0 saturated carbocycles. The molecule has 5 nitrogen and oxygen atoms in total. The number of nitriles is 1. The number of carbonyl (C=O) groups excluding carboxylic acids is 1. The second-order valence-electron chi connectivity index (χ2n) is 10.9. The zero-order valence-electron chi connectivity index (χ0n) is 21.1. The van der Waals surface area contributed by atoms with Crippen LogP contribution < -0.4 is 5.32 Å². The summed E-state index contributed by atoms with van der Waals surface area (Å²) in [5, 5.41) is 33.1. The molecule has 0 aliphatic carbocycles. The molecule has 1 fully saturated rings. The molecule has 2 aromatic carbocycles. The molecule has 1 aliphatic rings. The molecule has 3 rings (SSSR count). The number of nitrogens with one attached hydrogen (secondary N) is 1. The molecule has 5 atom stereocenters. The lowest BCUT2D eigenvalue weighted by Crippen LogP contribution is -2.44. The zero-order valence-corrected chi connectivity index (χ0v) is 22.6. The van der Waals surface area contributed by atoms with E-state index >= 15 is 4.39 Å². The number of aliphatic hydroxyl groups excluding tert-OH is 2. The number of Topliss-reactive ketones (excluding diaryl/α,β-unsaturated/α-hetero) is 1. The van der Waals surface area contributed by atoms with Gasteiger partial charge >= 0.3 is 0 Å². The first-order valence-electron chi connectivity index (χ1n) is 12.2. The Balaban J connectivity index is 2.22. The Bertz CT molecular complexity index is 1160. The number of hydrogen-bond donors (Lipinski definition) is 3. The van der Waals surface area contributed by atoms with E-state index in [-0.39, 0.29) is 39.6 Å². The van der Waals surface area contributed by atoms with Crippen LogP contribution >= 0.6 is 23.2 Å². The van der Waals surface area contributed by atoms with E-state index in [1.165, 1.54) is 24.3 Å². The lowest BCUT2D eigenvalue weighted by Gasteiger charge is -2.37. The van der Waals surface area contributed by atoms with Crippen LogP contribution in [0.4, 0.5) is 8.78 Å². The van der Waals surface area contributed by atoms with E-state index in [1.54, 1.807) is 0 Å². The predicted molar refractivity (Wildman–Crippen MR) is 140 cm³/mol. The lowest BCUT2D eigenvalue weighted by atomic mass is 9.62. The molecule has 0 aromatic heterocycles. The molecule has 0 radical (unpaired) electrons. The largest absolute Gasteiger partial charge is 0.394 e. The van der Waals surface area contributed by atoms with Crippen LogP contribution in [0.25, 0.3) is 0 Å². The summed E-state index contributed by atoms with van der Waals surface area (Å²) in [5.41, 5.74) is -1.53. The third kappa shape index (κ3) is 6.50. The van der Waals surface area contributed by atoms with Gasteiger partial charge in [-0.2, -0.15) is 5.26 Å². The van der Waals surface area contributed by atoms with Crippen molar-refractivity contribution in [2.24, 2.45) is 5.41 Å². The van der Waals surface area contributed by atoms with Crippen LogP contribution in [-0.2, 0) is 10.2 Å². The summed E-state index contributed by atoms with van der Waals surface area (Å²) < 4.78 is 30.1. The van der Waals surface area contributed by atoms with Gasteiger partial charge in [0.1, 0.15) is 22.8 Å². The maximum atomic E-state index is 15.5. The molecule has 1 aliphatic heterocycles. The average molecular weight is 553 g/mol. The number of rotatable bonds is 9. The van der Waals surface area contributed by atoms with Crippen LogP contribution in [0.3, 0.4) is 0 Å². The first-order chi connectivity index (χ1) is 17.3. The maximum absolute atomic E-state index is 15.5. The Morgan fingerprint density at radius 2 is 1.89 bits per heavy atom. The topological polar surface area (TPSA) is 93.3 Å². The quantitative estimate of drug-likeness (QED) is 0.371. The monoisotopic (exact) mass is 552 g/mol. The molecular formula is C28H32Cl2F2N2O3. The lowest BCUT2D eigenvalue weighted by molar-refractivity contribution is -0.121. The summed E-state index contributed by atoms with van der Waals surface area (Å²) in [6.07, 6.45) is 0.0217. The Kier molecular flexibility index (Phi) is 9.36. The highest BCUT2D eigenvalue weighted by atomic mass is 35.5. The highest BCUT2D eigenvalue weighted by Crippen LogP contribution is 2.52. The average Bonchev–Trinajstić information content (AvgIpc) is 3.11. The van der Waals surface area contributed by atoms with Gasteiger partial charge in [0.25, 0.3) is 0 Å². The molecule has 0 amide bonds. The summed E-state index contributed by atoms with van der Waals surface area (Å²) in [6.45, 7) is 5.53. The highest BCUT2D eigenvalue weighted by Gasteiger charge is 2.60. The summed E-state index contributed by atoms with van der Waals surface area (Å²) in [7, 11) is 0. The van der Waals surface area contributed by atoms with Crippen molar-refractivity contribution in [3.05, 3.63) is 69.2 Å². The number of nitrogens with zero attached hydrogens (tertiary/aromatic N) is 1. The van der Waals surface area contributed by atoms with Crippen molar-refractivity contribution >= 4 is 29.0 Å². The number of ketones is 1. The molecule has 0 spiro atoms. The second-order valence-corrected chi connectivity index (χ2v) is 11.8. The first-order valence-corrected chi connectivity index (χ1v) is 13.0. The van der Waals surface area contributed by atoms with Gasteiger partial charge in [0.05, 0.1) is 24.8 Å². The minimum atomic E-state index is -1.59. The van der Waals surface area contributed by atoms with E-state index in [4.69, 9.17) is 28.3 Å². The van der Waals surface area contributed by atoms with Crippen molar-refractivity contribution in [1.82, 2.24) is 5.32 Å². The van der Waals surface area contributed by atoms with Crippen LogP contribution in [0, 0.1) is 28.4 Å². The number of aliphatic hydroxyl groups is 2. The van der Waals surface area contributed by atoms with Gasteiger partial charge in [-0.25, -0.2) is 8.78 Å². The fourth-order valence-electron chi connectivity index (χ4n) is 5.39. The van der Waals surface area contributed by atoms with E-state index in [9.17, 15) is 19.6 Å². The van der Waals surface area contributed by atoms with E-state index in [1.807, 2.05) is 20.8 Å². The van der Waals surface area contributed by atoms with Crippen molar-refractivity contribution in [2.45, 2.75) is 76.0 Å². The van der Waals surface area contributed by atoms with E-state index < -0.39 is 47.8 Å². The molecule has 37 heavy (non-hydrogen) atoms. The van der Waals surface area contributed by atoms with E-state index in [0.717, 1.165) is 12.1 Å². The van der Waals surface area contributed by atoms with Gasteiger partial charge < -0.3 is 15.5 Å². The third-order valence-electron chi connectivity index (χ3n) is 6.89. The van der Waals surface area contributed by atoms with Crippen LogP contribution in [0.15, 0.2) is 36.4 Å². The SMILES string of the molecule is CC(C)(C)C[C@@H]1N[C@@H](C(=O)CCC[C@H](O)CO)[C@H](c2cc(F)cc(Cl)c2)[C@@]1(C#N)c1ccc(Cl)cc1F. The standard InChI is InChI=1S/C28H32Cl2F2N2O3/c1-27(2,3)13-24-28(15-33,21-8-7-17(29)12-22(21)32)25(16-9-18(30)11-19(31)10-16)26(34-24)23(37)6-4-5-20(36)14-35/h7-12,20,24-26,34-36H,4-6,13-14H2,1-3H3/t20-,24-,25-,26-,28-/m0/s1. The Labute approximate surface area is 226 Å². The summed E-state index contributed by atoms with van der Waals surface area (Å²) in [5.74, 6) is -2.56. The molecule has 0 unspecified atom stereocenters. The highest BCUT2D eigenvalue weighted by molar-refractivity contribution is 6.30. The summed E-state index contributed by atoms with van der Waals surface area (Å²) >= 11 is 12.2. The number of hydrogen-bond acceptors (Lipinski definition) is 5. The summed E-state index contributed by atoms with van der Waals surface area (Å²) in [6, 6.07) is 8.67. The first kappa shape index (κ1) is 29.5. The van der Waals surface area contributed by atoms with Crippen molar-refractivity contribution < 1.29 is 23.8 Å². The predicted octanol–water partition coefficient (Wildman–Crippen LogP) is 5.69. The van der Waals surface area contributed by atoms with E-state index in [2.05, 4.69) is 11.4 Å². The molecule has 1 saturated heterocycles. The third-order valence-corrected chi connectivity index (χ3v) is 7.35. The fraction of sp³-hybridized carbons (Fsp3) is 0.500. The van der Waals surface area contributed by atoms with Crippen LogP contribution in [0.1, 0.15) is 63.5 Å². The van der Waals surface area contributed by atoms with Crippen LogP contribution in [-0.4, -0.2) is 40.8 Å². The van der Waals surface area contributed by atoms with Gasteiger partial charge in [-0.3, -0.25) is 4.79 Å². The molecule has 1 heterocycles. The van der Waals surface area contributed by atoms with Gasteiger partial charge in [-0.05, 0) is 60.6 Å². The number of benzene rings is 2. The normalized spacial score (nSPS) is 24.6. The Morgan fingerprint density at radius 3 is 2.46 bits per heavy atom. The van der Waals surface area contributed by atoms with Gasteiger partial charge in [-0.15, -0.1) is 0 Å². The Hall–Kier alpha value is -2.08. The van der Waals surface area contributed by atoms with Gasteiger partial charge in [0.15, 0.2) is 0 Å². The Morgan fingerprint density at radius 1 is 1.19 bits per heavy atom. The molecule has 3 N–H and O–H groups in total. The van der Waals surface area contributed by atoms with Crippen molar-refractivity contribution in [3.63, 3.8) is 0 Å². The maximum Gasteiger partial charge on any atom is 0.150 e. The van der Waals surface area contributed by atoms with Gasteiger partial charge in [-0.1, -0.05) is 50.0 Å². The molecular weight excluding hydrogens is 521 g/mol. The van der Waals surface area contributed by atoms with Crippen molar-refractivity contribution in [2.75, 3.05) is 6.61 Å². The fourth-order valence-corrected chi connectivity index (χ4v) is 5.78. The van der Waals surface area contributed by atoms with Crippen molar-refractivity contribution in [1.29, 1.82) is 5.26 Å². The molecule has 9 heteroatoms. The van der Waals surface area contributed by atoms with Gasteiger partial charge in [0, 0.05) is 34.0 Å². The number of carbonyl (C=O) groups is 1. The van der Waals surface area contributed by atoms with Gasteiger partial charge in [0.2, 0.25) is 0 Å². The smallest absolute Gasteiger partial charge is 0.150 e. The minimum Gasteiger partial charge on any atom is -0.394 e. The summed E-state index contributed by atoms with van der Waals surface area (Å²) in [4.78, 5) is 13.6. The van der Waals surface area contributed by atoms with Crippen LogP contribution in [0.5, 0.6) is 0 Å². The molecule has 0 bridgehead atoms. The second kappa shape index (κ2) is 11.8. The molecule has 200 valence electrons.